The summed E-state index contributed by atoms with van der Waals surface area (Å²) in [6, 6.07) is 18.5. The van der Waals surface area contributed by atoms with E-state index in [1.54, 1.807) is 36.5 Å². The van der Waals surface area contributed by atoms with E-state index >= 15 is 0 Å². The molecule has 0 radical (unpaired) electrons. The molecule has 0 saturated heterocycles. The largest absolute Gasteiger partial charge is 0.354 e. The molecule has 3 rings (SSSR count). The van der Waals surface area contributed by atoms with Crippen LogP contribution in [0.25, 0.3) is 0 Å². The van der Waals surface area contributed by atoms with E-state index in [2.05, 4.69) is 21.7 Å². The molecule has 1 amide bonds. The van der Waals surface area contributed by atoms with Gasteiger partial charge in [-0.2, -0.15) is 5.26 Å². The Kier molecular flexibility index (Phi) is 4.72. The van der Waals surface area contributed by atoms with Gasteiger partial charge in [0.05, 0.1) is 29.1 Å². The normalized spacial score (nSPS) is 9.92. The number of aryl methyl sites for hydroxylation is 1. The van der Waals surface area contributed by atoms with Crippen LogP contribution in [0.5, 0.6) is 0 Å². The zero-order chi connectivity index (χ0) is 17.6. The van der Waals surface area contributed by atoms with Gasteiger partial charge >= 0.3 is 0 Å². The SMILES string of the molecule is Cc1cccc(NC(=O)c2cncc(Nc3ccc(C#N)cc3)c2)c1. The summed E-state index contributed by atoms with van der Waals surface area (Å²) in [5, 5.41) is 14.9. The predicted molar refractivity (Wildman–Crippen MR) is 97.8 cm³/mol. The highest BCUT2D eigenvalue weighted by atomic mass is 16.1. The topological polar surface area (TPSA) is 77.8 Å². The van der Waals surface area contributed by atoms with E-state index < -0.39 is 0 Å². The second kappa shape index (κ2) is 7.28. The van der Waals surface area contributed by atoms with Crippen molar-refractivity contribution in [3.8, 4) is 6.07 Å². The van der Waals surface area contributed by atoms with Gasteiger partial charge in [-0.15, -0.1) is 0 Å². The van der Waals surface area contributed by atoms with Crippen LogP contribution in [-0.2, 0) is 0 Å². The Morgan fingerprint density at radius 3 is 2.52 bits per heavy atom. The van der Waals surface area contributed by atoms with E-state index in [-0.39, 0.29) is 5.91 Å². The van der Waals surface area contributed by atoms with Gasteiger partial charge in [0.1, 0.15) is 0 Å². The molecule has 0 bridgehead atoms. The fourth-order valence-corrected chi connectivity index (χ4v) is 2.35. The van der Waals surface area contributed by atoms with Crippen molar-refractivity contribution in [3.05, 3.63) is 83.7 Å². The lowest BCUT2D eigenvalue weighted by Crippen LogP contribution is -2.12. The Morgan fingerprint density at radius 1 is 1.00 bits per heavy atom. The van der Waals surface area contributed by atoms with Crippen molar-refractivity contribution in [3.63, 3.8) is 0 Å². The standard InChI is InChI=1S/C20H16N4O/c1-14-3-2-4-18(9-14)24-20(25)16-10-19(13-22-12-16)23-17-7-5-15(11-21)6-8-17/h2-10,12-13,23H,1H3,(H,24,25). The van der Waals surface area contributed by atoms with Gasteiger partial charge in [0, 0.05) is 17.6 Å². The van der Waals surface area contributed by atoms with Gasteiger partial charge in [0.25, 0.3) is 5.91 Å². The van der Waals surface area contributed by atoms with Crippen LogP contribution in [0.2, 0.25) is 0 Å². The molecule has 3 aromatic rings. The maximum absolute atomic E-state index is 12.4. The third kappa shape index (κ3) is 4.21. The van der Waals surface area contributed by atoms with Crippen molar-refractivity contribution >= 4 is 23.0 Å². The molecule has 0 aliphatic carbocycles. The summed E-state index contributed by atoms with van der Waals surface area (Å²) in [7, 11) is 0. The number of anilines is 3. The Balaban J connectivity index is 1.74. The Morgan fingerprint density at radius 2 is 1.80 bits per heavy atom. The summed E-state index contributed by atoms with van der Waals surface area (Å²) in [4.78, 5) is 16.5. The number of carbonyl (C=O) groups is 1. The summed E-state index contributed by atoms with van der Waals surface area (Å²) in [5.74, 6) is -0.221. The van der Waals surface area contributed by atoms with Crippen molar-refractivity contribution in [2.45, 2.75) is 6.92 Å². The zero-order valence-corrected chi connectivity index (χ0v) is 13.7. The summed E-state index contributed by atoms with van der Waals surface area (Å²) < 4.78 is 0. The molecule has 0 unspecified atom stereocenters. The van der Waals surface area contributed by atoms with Crippen LogP contribution in [0.3, 0.4) is 0 Å². The molecular weight excluding hydrogens is 312 g/mol. The third-order valence-corrected chi connectivity index (χ3v) is 3.58. The monoisotopic (exact) mass is 328 g/mol. The van der Waals surface area contributed by atoms with Crippen molar-refractivity contribution < 1.29 is 4.79 Å². The highest BCUT2D eigenvalue weighted by Gasteiger charge is 2.08. The van der Waals surface area contributed by atoms with E-state index in [0.29, 0.717) is 16.8 Å². The maximum Gasteiger partial charge on any atom is 0.257 e. The number of hydrogen-bond donors (Lipinski definition) is 2. The Bertz CT molecular complexity index is 942. The molecule has 1 heterocycles. The van der Waals surface area contributed by atoms with Crippen molar-refractivity contribution in [2.24, 2.45) is 0 Å². The smallest absolute Gasteiger partial charge is 0.257 e. The van der Waals surface area contributed by atoms with Crippen molar-refractivity contribution in [2.75, 3.05) is 10.6 Å². The number of nitrogens with one attached hydrogen (secondary N) is 2. The summed E-state index contributed by atoms with van der Waals surface area (Å²) in [6.07, 6.45) is 3.16. The van der Waals surface area contributed by atoms with Gasteiger partial charge in [0.15, 0.2) is 0 Å². The number of pyridine rings is 1. The van der Waals surface area contributed by atoms with E-state index in [0.717, 1.165) is 16.9 Å². The van der Waals surface area contributed by atoms with E-state index in [1.807, 2.05) is 31.2 Å². The van der Waals surface area contributed by atoms with Gasteiger partial charge in [-0.1, -0.05) is 12.1 Å². The third-order valence-electron chi connectivity index (χ3n) is 3.58. The van der Waals surface area contributed by atoms with Crippen LogP contribution in [0.1, 0.15) is 21.5 Å². The summed E-state index contributed by atoms with van der Waals surface area (Å²) in [5.41, 5.74) is 4.39. The van der Waals surface area contributed by atoms with Crippen LogP contribution in [0.15, 0.2) is 67.0 Å². The van der Waals surface area contributed by atoms with E-state index in [4.69, 9.17) is 5.26 Å². The van der Waals surface area contributed by atoms with Crippen molar-refractivity contribution in [1.29, 1.82) is 5.26 Å². The number of carbonyl (C=O) groups excluding carboxylic acids is 1. The number of nitrogens with zero attached hydrogens (tertiary/aromatic N) is 2. The fraction of sp³-hybridized carbons (Fsp3) is 0.0500. The molecule has 122 valence electrons. The van der Waals surface area contributed by atoms with Crippen LogP contribution in [-0.4, -0.2) is 10.9 Å². The second-order valence-corrected chi connectivity index (χ2v) is 5.60. The minimum Gasteiger partial charge on any atom is -0.354 e. The number of aromatic nitrogens is 1. The maximum atomic E-state index is 12.4. The number of benzene rings is 2. The first-order chi connectivity index (χ1) is 12.1. The molecule has 2 aromatic carbocycles. The molecule has 0 fully saturated rings. The Labute approximate surface area is 146 Å². The highest BCUT2D eigenvalue weighted by Crippen LogP contribution is 2.18. The highest BCUT2D eigenvalue weighted by molar-refractivity contribution is 6.04. The summed E-state index contributed by atoms with van der Waals surface area (Å²) in [6.45, 7) is 1.97. The van der Waals surface area contributed by atoms with Gasteiger partial charge in [-0.05, 0) is 55.0 Å². The lowest BCUT2D eigenvalue weighted by molar-refractivity contribution is 0.102. The van der Waals surface area contributed by atoms with Gasteiger partial charge in [-0.3, -0.25) is 9.78 Å². The molecule has 5 nitrogen and oxygen atoms in total. The Hall–Kier alpha value is -3.65. The van der Waals surface area contributed by atoms with E-state index in [1.165, 1.54) is 6.20 Å². The quantitative estimate of drug-likeness (QED) is 0.750. The molecule has 2 N–H and O–H groups in total. The molecule has 0 aliphatic rings. The van der Waals surface area contributed by atoms with Gasteiger partial charge in [0.2, 0.25) is 0 Å². The van der Waals surface area contributed by atoms with Crippen LogP contribution < -0.4 is 10.6 Å². The second-order valence-electron chi connectivity index (χ2n) is 5.60. The first-order valence-corrected chi connectivity index (χ1v) is 7.74. The molecule has 5 heteroatoms. The van der Waals surface area contributed by atoms with Crippen LogP contribution in [0, 0.1) is 18.3 Å². The molecule has 1 aromatic heterocycles. The fourth-order valence-electron chi connectivity index (χ4n) is 2.35. The van der Waals surface area contributed by atoms with Gasteiger partial charge < -0.3 is 10.6 Å². The van der Waals surface area contributed by atoms with Crippen LogP contribution >= 0.6 is 0 Å². The summed E-state index contributed by atoms with van der Waals surface area (Å²) >= 11 is 0. The predicted octanol–water partition coefficient (Wildman–Crippen LogP) is 4.26. The number of hydrogen-bond acceptors (Lipinski definition) is 4. The van der Waals surface area contributed by atoms with Crippen LogP contribution in [0.4, 0.5) is 17.1 Å². The van der Waals surface area contributed by atoms with E-state index in [9.17, 15) is 4.79 Å². The first-order valence-electron chi connectivity index (χ1n) is 7.74. The first kappa shape index (κ1) is 16.2. The number of amides is 1. The molecule has 0 spiro atoms. The lowest BCUT2D eigenvalue weighted by Gasteiger charge is -2.09. The average molecular weight is 328 g/mol. The molecule has 0 atom stereocenters. The number of rotatable bonds is 4. The minimum absolute atomic E-state index is 0.221. The van der Waals surface area contributed by atoms with Gasteiger partial charge in [-0.25, -0.2) is 0 Å². The zero-order valence-electron chi connectivity index (χ0n) is 13.7. The van der Waals surface area contributed by atoms with Crippen molar-refractivity contribution in [1.82, 2.24) is 4.98 Å². The average Bonchev–Trinajstić information content (AvgIpc) is 2.62. The lowest BCUT2D eigenvalue weighted by atomic mass is 10.2. The number of nitriles is 1. The minimum atomic E-state index is -0.221. The molecular formula is C20H16N4O. The molecule has 0 aliphatic heterocycles. The molecule has 25 heavy (non-hydrogen) atoms. The molecule has 0 saturated carbocycles.